The highest BCUT2D eigenvalue weighted by Gasteiger charge is 2.22. The number of nitrogens with one attached hydrogen (secondary N) is 1. The summed E-state index contributed by atoms with van der Waals surface area (Å²) in [6.07, 6.45) is 2.40. The number of nitrogens with zero attached hydrogens (tertiary/aromatic N) is 4. The summed E-state index contributed by atoms with van der Waals surface area (Å²) < 4.78 is 26.6. The molecule has 1 N–H and O–H groups in total. The third-order valence-corrected chi connectivity index (χ3v) is 4.11. The van der Waals surface area contributed by atoms with E-state index in [-0.39, 0.29) is 26.6 Å². The summed E-state index contributed by atoms with van der Waals surface area (Å²) in [5.41, 5.74) is -0.410. The zero-order valence-electron chi connectivity index (χ0n) is 9.58. The summed E-state index contributed by atoms with van der Waals surface area (Å²) in [6, 6.07) is 4.31. The lowest BCUT2D eigenvalue weighted by molar-refractivity contribution is 0.600. The number of hydrogen-bond acceptors (Lipinski definition) is 6. The van der Waals surface area contributed by atoms with E-state index < -0.39 is 10.0 Å². The van der Waals surface area contributed by atoms with Crippen LogP contribution in [-0.4, -0.2) is 23.4 Å². The molecule has 0 amide bonds. The number of pyridine rings is 1. The van der Waals surface area contributed by atoms with Crippen molar-refractivity contribution in [3.05, 3.63) is 40.7 Å². The predicted octanol–water partition coefficient (Wildman–Crippen LogP) is 1.85. The minimum atomic E-state index is -4.08. The molecule has 2 heterocycles. The number of aromatic nitrogens is 3. The molecular formula is C10H5Cl2N5O2S. The van der Waals surface area contributed by atoms with E-state index >= 15 is 0 Å². The monoisotopic (exact) mass is 329 g/mol. The largest absolute Gasteiger partial charge is 0.273 e. The van der Waals surface area contributed by atoms with Crippen LogP contribution in [0, 0.1) is 11.3 Å². The molecule has 2 aromatic heterocycles. The van der Waals surface area contributed by atoms with Crippen LogP contribution in [0.25, 0.3) is 0 Å². The van der Waals surface area contributed by atoms with Crippen LogP contribution < -0.4 is 4.72 Å². The molecule has 0 fully saturated rings. The number of sulfonamides is 1. The van der Waals surface area contributed by atoms with Crippen molar-refractivity contribution in [2.75, 3.05) is 4.72 Å². The van der Waals surface area contributed by atoms with Gasteiger partial charge in [-0.2, -0.15) is 5.26 Å². The SMILES string of the molecule is N#Cc1ncccc1S(=O)(=O)Nc1c(Cl)ncnc1Cl. The van der Waals surface area contributed by atoms with Crippen molar-refractivity contribution >= 4 is 38.9 Å². The van der Waals surface area contributed by atoms with Crippen molar-refractivity contribution in [3.8, 4) is 6.07 Å². The molecule has 102 valence electrons. The van der Waals surface area contributed by atoms with Gasteiger partial charge in [0.25, 0.3) is 10.0 Å². The number of nitriles is 1. The van der Waals surface area contributed by atoms with Gasteiger partial charge in [0.05, 0.1) is 0 Å². The Morgan fingerprint density at radius 2 is 1.85 bits per heavy atom. The molecule has 7 nitrogen and oxygen atoms in total. The first-order valence-electron chi connectivity index (χ1n) is 4.99. The van der Waals surface area contributed by atoms with Gasteiger partial charge in [0, 0.05) is 6.20 Å². The number of anilines is 1. The molecule has 0 aliphatic rings. The van der Waals surface area contributed by atoms with E-state index in [1.165, 1.54) is 18.3 Å². The Bertz CT molecular complexity index is 783. The van der Waals surface area contributed by atoms with E-state index in [4.69, 9.17) is 28.5 Å². The Labute approximate surface area is 124 Å². The fourth-order valence-corrected chi connectivity index (χ4v) is 3.01. The van der Waals surface area contributed by atoms with Gasteiger partial charge in [0.2, 0.25) is 0 Å². The summed E-state index contributed by atoms with van der Waals surface area (Å²) in [6.45, 7) is 0. The molecule has 0 bridgehead atoms. The van der Waals surface area contributed by atoms with Gasteiger partial charge in [-0.15, -0.1) is 0 Å². The van der Waals surface area contributed by atoms with Crippen LogP contribution in [0.2, 0.25) is 10.3 Å². The number of rotatable bonds is 3. The van der Waals surface area contributed by atoms with Crippen LogP contribution in [0.4, 0.5) is 5.69 Å². The van der Waals surface area contributed by atoms with E-state index in [1.54, 1.807) is 6.07 Å². The Hall–Kier alpha value is -1.95. The van der Waals surface area contributed by atoms with E-state index in [0.29, 0.717) is 0 Å². The molecule has 0 aromatic carbocycles. The van der Waals surface area contributed by atoms with E-state index in [9.17, 15) is 8.42 Å². The summed E-state index contributed by atoms with van der Waals surface area (Å²) in [7, 11) is -4.08. The molecule has 20 heavy (non-hydrogen) atoms. The first-order chi connectivity index (χ1) is 9.45. The van der Waals surface area contributed by atoms with Gasteiger partial charge in [-0.05, 0) is 12.1 Å². The van der Waals surface area contributed by atoms with Crippen LogP contribution in [0.5, 0.6) is 0 Å². The highest BCUT2D eigenvalue weighted by Crippen LogP contribution is 2.28. The Morgan fingerprint density at radius 3 is 2.45 bits per heavy atom. The van der Waals surface area contributed by atoms with Gasteiger partial charge in [0.1, 0.15) is 23.0 Å². The zero-order chi connectivity index (χ0) is 14.8. The predicted molar refractivity (Wildman–Crippen MR) is 71.8 cm³/mol. The van der Waals surface area contributed by atoms with Crippen molar-refractivity contribution in [2.45, 2.75) is 4.90 Å². The van der Waals surface area contributed by atoms with E-state index in [1.807, 2.05) is 0 Å². The van der Waals surface area contributed by atoms with Crippen molar-refractivity contribution in [1.29, 1.82) is 5.26 Å². The molecule has 0 radical (unpaired) electrons. The highest BCUT2D eigenvalue weighted by molar-refractivity contribution is 7.92. The minimum Gasteiger partial charge on any atom is -0.273 e. The Morgan fingerprint density at radius 1 is 1.20 bits per heavy atom. The van der Waals surface area contributed by atoms with Gasteiger partial charge in [-0.1, -0.05) is 23.2 Å². The van der Waals surface area contributed by atoms with E-state index in [0.717, 1.165) is 6.33 Å². The topological polar surface area (TPSA) is 109 Å². The number of hydrogen-bond donors (Lipinski definition) is 1. The summed E-state index contributed by atoms with van der Waals surface area (Å²) in [5.74, 6) is 0. The molecule has 0 unspecified atom stereocenters. The van der Waals surface area contributed by atoms with Gasteiger partial charge in [0.15, 0.2) is 16.0 Å². The fraction of sp³-hybridized carbons (Fsp3) is 0. The molecule has 2 rings (SSSR count). The molecule has 0 spiro atoms. The second kappa shape index (κ2) is 5.58. The molecule has 0 aliphatic heterocycles. The number of halogens is 2. The molecule has 0 saturated heterocycles. The average molecular weight is 330 g/mol. The maximum Gasteiger partial charge on any atom is 0.264 e. The van der Waals surface area contributed by atoms with Crippen LogP contribution in [0.15, 0.2) is 29.6 Å². The van der Waals surface area contributed by atoms with Crippen molar-refractivity contribution in [2.24, 2.45) is 0 Å². The van der Waals surface area contributed by atoms with Crippen molar-refractivity contribution in [1.82, 2.24) is 15.0 Å². The van der Waals surface area contributed by atoms with Gasteiger partial charge >= 0.3 is 0 Å². The minimum absolute atomic E-state index is 0.157. The molecule has 2 aromatic rings. The second-order valence-electron chi connectivity index (χ2n) is 3.40. The fourth-order valence-electron chi connectivity index (χ4n) is 1.31. The molecular weight excluding hydrogens is 325 g/mol. The van der Waals surface area contributed by atoms with Crippen molar-refractivity contribution < 1.29 is 8.42 Å². The average Bonchev–Trinajstić information content (AvgIpc) is 2.43. The quantitative estimate of drug-likeness (QED) is 0.860. The molecule has 0 saturated carbocycles. The lowest BCUT2D eigenvalue weighted by Crippen LogP contribution is -2.16. The maximum absolute atomic E-state index is 12.2. The smallest absolute Gasteiger partial charge is 0.264 e. The normalized spacial score (nSPS) is 10.8. The Kier molecular flexibility index (Phi) is 4.04. The highest BCUT2D eigenvalue weighted by atomic mass is 35.5. The van der Waals surface area contributed by atoms with Gasteiger partial charge < -0.3 is 0 Å². The maximum atomic E-state index is 12.2. The standard InChI is InChI=1S/C10H5Cl2N5O2S/c11-9-8(10(12)16-5-15-9)17-20(18,19)7-2-1-3-14-6(7)4-13/h1-3,5,17H. The third-order valence-electron chi connectivity index (χ3n) is 2.16. The van der Waals surface area contributed by atoms with Crippen molar-refractivity contribution in [3.63, 3.8) is 0 Å². The lowest BCUT2D eigenvalue weighted by Gasteiger charge is -2.10. The van der Waals surface area contributed by atoms with Crippen LogP contribution in [0.3, 0.4) is 0 Å². The van der Waals surface area contributed by atoms with Gasteiger partial charge in [-0.25, -0.2) is 23.4 Å². The zero-order valence-corrected chi connectivity index (χ0v) is 11.9. The van der Waals surface area contributed by atoms with Crippen LogP contribution >= 0.6 is 23.2 Å². The Balaban J connectivity index is 2.50. The molecule has 10 heteroatoms. The van der Waals surface area contributed by atoms with E-state index in [2.05, 4.69) is 19.7 Å². The molecule has 0 atom stereocenters. The summed E-state index contributed by atoms with van der Waals surface area (Å²) in [4.78, 5) is 10.6. The van der Waals surface area contributed by atoms with Crippen LogP contribution in [0.1, 0.15) is 5.69 Å². The van der Waals surface area contributed by atoms with Crippen LogP contribution in [-0.2, 0) is 10.0 Å². The third kappa shape index (κ3) is 2.80. The second-order valence-corrected chi connectivity index (χ2v) is 5.76. The first kappa shape index (κ1) is 14.5. The summed E-state index contributed by atoms with van der Waals surface area (Å²) in [5, 5.41) is 8.56. The first-order valence-corrected chi connectivity index (χ1v) is 7.23. The van der Waals surface area contributed by atoms with Gasteiger partial charge in [-0.3, -0.25) is 4.72 Å². The molecule has 0 aliphatic carbocycles. The lowest BCUT2D eigenvalue weighted by atomic mass is 10.4. The summed E-state index contributed by atoms with van der Waals surface area (Å²) >= 11 is 11.5.